The highest BCUT2D eigenvalue weighted by molar-refractivity contribution is 6.06. The molecule has 1 saturated carbocycles. The fraction of sp³-hybridized carbons (Fsp3) is 0.463. The molecular formula is C54H68N4O5. The summed E-state index contributed by atoms with van der Waals surface area (Å²) in [5.74, 6) is 3.47. The number of aliphatic hydroxyl groups excluding tert-OH is 1. The lowest BCUT2D eigenvalue weighted by Crippen LogP contribution is -2.56. The molecule has 0 bridgehead atoms. The van der Waals surface area contributed by atoms with E-state index in [1.807, 2.05) is 12.1 Å². The van der Waals surface area contributed by atoms with Crippen LogP contribution in [0.3, 0.4) is 0 Å². The van der Waals surface area contributed by atoms with Crippen LogP contribution in [0.15, 0.2) is 97.2 Å². The van der Waals surface area contributed by atoms with Crippen LogP contribution in [0.2, 0.25) is 0 Å². The van der Waals surface area contributed by atoms with E-state index in [0.717, 1.165) is 99.7 Å². The number of phenolic OH excluding ortho intramolecular Hbond substituents is 1. The van der Waals surface area contributed by atoms with Crippen LogP contribution in [-0.2, 0) is 41.7 Å². The van der Waals surface area contributed by atoms with Crippen LogP contribution in [0, 0.1) is 29.6 Å². The number of nitrogens with two attached hydrogens (primary N) is 1. The molecule has 0 amide bonds. The smallest absolute Gasteiger partial charge is 0.163 e. The van der Waals surface area contributed by atoms with Crippen molar-refractivity contribution in [1.29, 1.82) is 0 Å². The van der Waals surface area contributed by atoms with Gasteiger partial charge in [-0.3, -0.25) is 9.59 Å². The second kappa shape index (κ2) is 23.0. The minimum Gasteiger partial charge on any atom is -0.504 e. The van der Waals surface area contributed by atoms with Gasteiger partial charge in [0.2, 0.25) is 0 Å². The summed E-state index contributed by atoms with van der Waals surface area (Å²) in [6.07, 6.45) is 20.9. The van der Waals surface area contributed by atoms with E-state index in [-0.39, 0.29) is 30.3 Å². The maximum atomic E-state index is 13.3. The van der Waals surface area contributed by atoms with Crippen LogP contribution < -0.4 is 21.1 Å². The average Bonchev–Trinajstić information content (AvgIpc) is 3.30. The number of carbonyl (C=O) groups is 2. The summed E-state index contributed by atoms with van der Waals surface area (Å²) in [6.45, 7) is 3.30. The van der Waals surface area contributed by atoms with Crippen molar-refractivity contribution < 1.29 is 24.5 Å². The van der Waals surface area contributed by atoms with Gasteiger partial charge < -0.3 is 31.3 Å². The Morgan fingerprint density at radius 1 is 0.937 bits per heavy atom. The van der Waals surface area contributed by atoms with Crippen molar-refractivity contribution in [2.45, 2.75) is 95.9 Å². The van der Waals surface area contributed by atoms with Gasteiger partial charge in [-0.1, -0.05) is 79.2 Å². The molecule has 6 atom stereocenters. The van der Waals surface area contributed by atoms with Gasteiger partial charge in [0.25, 0.3) is 0 Å². The van der Waals surface area contributed by atoms with Crippen LogP contribution >= 0.6 is 0 Å². The molecule has 1 saturated heterocycles. The number of nitrogens with zero attached hydrogens (tertiary/aromatic N) is 1. The third kappa shape index (κ3) is 13.0. The number of aromatic hydroxyl groups is 1. The number of ketones is 2. The SMILES string of the molecule is COc1cc(/C=C/C(=O)CC(=O)CCC[C@H](CCCO)C[C@H]2[C@H]3CCNC[C@H]3C[C@@H]3C=CCN[C@@H]23)c(Cc2cnc(N)cc2CCc2cccc(CCc3ccccc3)c2)cc1O. The number of methoxy groups -OCH3 is 1. The molecule has 7 rings (SSSR count). The number of allylic oxidation sites excluding steroid dienone is 1. The lowest BCUT2D eigenvalue weighted by molar-refractivity contribution is -0.124. The topological polar surface area (TPSA) is 147 Å². The second-order valence-corrected chi connectivity index (χ2v) is 18.3. The van der Waals surface area contributed by atoms with Crippen LogP contribution in [0.4, 0.5) is 5.82 Å². The van der Waals surface area contributed by atoms with Crippen LogP contribution in [-0.4, -0.2) is 66.2 Å². The van der Waals surface area contributed by atoms with E-state index in [1.165, 1.54) is 42.7 Å². The largest absolute Gasteiger partial charge is 0.504 e. The van der Waals surface area contributed by atoms with Gasteiger partial charge in [0.1, 0.15) is 11.6 Å². The Bertz CT molecular complexity index is 2190. The lowest BCUT2D eigenvalue weighted by Gasteiger charge is -2.51. The third-order valence-corrected chi connectivity index (χ3v) is 14.0. The van der Waals surface area contributed by atoms with Gasteiger partial charge in [-0.25, -0.2) is 4.98 Å². The maximum Gasteiger partial charge on any atom is 0.163 e. The fourth-order valence-corrected chi connectivity index (χ4v) is 10.8. The highest BCUT2D eigenvalue weighted by Crippen LogP contribution is 2.46. The molecule has 1 aliphatic carbocycles. The number of carbonyl (C=O) groups excluding carboxylic acids is 2. The highest BCUT2D eigenvalue weighted by Gasteiger charge is 2.45. The van der Waals surface area contributed by atoms with Gasteiger partial charge in [-0.15, -0.1) is 0 Å². The minimum absolute atomic E-state index is 0.00596. The van der Waals surface area contributed by atoms with Gasteiger partial charge in [-0.2, -0.15) is 0 Å². The van der Waals surface area contributed by atoms with Crippen molar-refractivity contribution in [3.05, 3.63) is 136 Å². The molecule has 2 aliphatic heterocycles. The number of nitrogens with one attached hydrogen (secondary N) is 2. The quantitative estimate of drug-likeness (QED) is 0.0299. The molecule has 1 aromatic heterocycles. The number of ether oxygens (including phenoxy) is 1. The lowest BCUT2D eigenvalue weighted by atomic mass is 9.60. The van der Waals surface area contributed by atoms with E-state index < -0.39 is 0 Å². The molecule has 0 radical (unpaired) electrons. The predicted molar refractivity (Wildman–Crippen MR) is 253 cm³/mol. The molecule has 4 aromatic rings. The van der Waals surface area contributed by atoms with Gasteiger partial charge >= 0.3 is 0 Å². The number of pyridine rings is 1. The third-order valence-electron chi connectivity index (χ3n) is 14.0. The number of piperidine rings is 1. The van der Waals surface area contributed by atoms with Crippen LogP contribution in [0.1, 0.15) is 96.7 Å². The number of nitrogen functional groups attached to an aromatic ring is 1. The van der Waals surface area contributed by atoms with E-state index in [2.05, 4.69) is 76.3 Å². The second-order valence-electron chi connectivity index (χ2n) is 18.3. The first-order valence-electron chi connectivity index (χ1n) is 23.4. The number of aromatic nitrogens is 1. The van der Waals surface area contributed by atoms with E-state index in [0.29, 0.717) is 60.0 Å². The maximum absolute atomic E-state index is 13.3. The Balaban J connectivity index is 0.955. The molecule has 2 fully saturated rings. The Morgan fingerprint density at radius 3 is 2.52 bits per heavy atom. The molecule has 9 heteroatoms. The Hall–Kier alpha value is -5.09. The van der Waals surface area contributed by atoms with Gasteiger partial charge in [-0.05, 0) is 177 Å². The number of fused-ring (bicyclic) bond motifs is 2. The van der Waals surface area contributed by atoms with Crippen molar-refractivity contribution in [3.8, 4) is 11.5 Å². The molecule has 334 valence electrons. The summed E-state index contributed by atoms with van der Waals surface area (Å²) in [5.41, 5.74) is 13.7. The summed E-state index contributed by atoms with van der Waals surface area (Å²) in [4.78, 5) is 30.9. The number of aliphatic hydroxyl groups is 1. The van der Waals surface area contributed by atoms with E-state index in [4.69, 9.17) is 10.5 Å². The summed E-state index contributed by atoms with van der Waals surface area (Å²) >= 11 is 0. The first-order valence-corrected chi connectivity index (χ1v) is 23.4. The van der Waals surface area contributed by atoms with Gasteiger partial charge in [0, 0.05) is 31.8 Å². The molecule has 0 unspecified atom stereocenters. The number of Topliss-reactive ketones (excluding diaryl/α,β-unsaturated/α-hetero) is 1. The zero-order valence-electron chi connectivity index (χ0n) is 37.2. The Kier molecular flexibility index (Phi) is 16.8. The monoisotopic (exact) mass is 853 g/mol. The first-order chi connectivity index (χ1) is 30.8. The van der Waals surface area contributed by atoms with Crippen LogP contribution in [0.25, 0.3) is 6.08 Å². The normalized spacial score (nSPS) is 21.1. The highest BCUT2D eigenvalue weighted by atomic mass is 16.5. The molecule has 63 heavy (non-hydrogen) atoms. The number of rotatable bonds is 22. The Labute approximate surface area is 374 Å². The van der Waals surface area contributed by atoms with E-state index >= 15 is 0 Å². The number of hydrogen-bond donors (Lipinski definition) is 5. The average molecular weight is 853 g/mol. The van der Waals surface area contributed by atoms with Crippen molar-refractivity contribution >= 4 is 23.5 Å². The summed E-state index contributed by atoms with van der Waals surface area (Å²) in [5, 5.41) is 28.1. The van der Waals surface area contributed by atoms with Crippen molar-refractivity contribution in [3.63, 3.8) is 0 Å². The minimum atomic E-state index is -0.253. The van der Waals surface area contributed by atoms with Crippen molar-refractivity contribution in [2.24, 2.45) is 29.6 Å². The van der Waals surface area contributed by atoms with Crippen molar-refractivity contribution in [2.75, 3.05) is 39.1 Å². The number of benzene rings is 3. The molecular weight excluding hydrogens is 785 g/mol. The molecule has 6 N–H and O–H groups in total. The van der Waals surface area contributed by atoms with Gasteiger partial charge in [0.05, 0.1) is 13.5 Å². The first kappa shape index (κ1) is 45.9. The number of phenols is 1. The summed E-state index contributed by atoms with van der Waals surface area (Å²) in [6, 6.07) is 25.2. The Morgan fingerprint density at radius 2 is 1.71 bits per heavy atom. The molecule has 9 nitrogen and oxygen atoms in total. The number of hydrogen-bond acceptors (Lipinski definition) is 9. The van der Waals surface area contributed by atoms with Crippen molar-refractivity contribution in [1.82, 2.24) is 15.6 Å². The molecule has 3 heterocycles. The standard InChI is InChI=1S/C54H68N4O5/c1-63-52-32-41(44(31-51(52)62)30-45-36-58-53(55)33-42(45)20-19-40-12-5-11-39(27-40)18-17-37-9-3-2-4-10-37)21-22-48(61)34-47(60)16-6-13-38(14-8-26-59)28-50-49-23-25-56-35-46(49)29-43-15-7-24-57-54(43)50/h2-5,7,9-12,15,21-22,27,31-33,36,38,43,46,49-50,54,56-57,59,62H,6,8,13-14,16-20,23-26,28-30,34-35H2,1H3,(H2,55,58)/b22-21+/t38-,43+,46-,49+,50+,54-/m1/s1. The number of anilines is 1. The van der Waals surface area contributed by atoms with Gasteiger partial charge in [0.15, 0.2) is 17.3 Å². The molecule has 0 spiro atoms. The molecule has 3 aromatic carbocycles. The number of aryl methyl sites for hydroxylation is 4. The predicted octanol–water partition coefficient (Wildman–Crippen LogP) is 8.42. The zero-order chi connectivity index (χ0) is 44.0. The van der Waals surface area contributed by atoms with Crippen LogP contribution in [0.5, 0.6) is 11.5 Å². The van der Waals surface area contributed by atoms with E-state index in [9.17, 15) is 19.8 Å². The zero-order valence-corrected chi connectivity index (χ0v) is 37.2. The summed E-state index contributed by atoms with van der Waals surface area (Å²) in [7, 11) is 1.50. The van der Waals surface area contributed by atoms with E-state index in [1.54, 1.807) is 24.4 Å². The molecule has 3 aliphatic rings. The fourth-order valence-electron chi connectivity index (χ4n) is 10.8. The summed E-state index contributed by atoms with van der Waals surface area (Å²) < 4.78 is 5.45.